The molecule has 0 saturated heterocycles. The summed E-state index contributed by atoms with van der Waals surface area (Å²) in [5.41, 5.74) is 1.54. The number of aryl methyl sites for hydroxylation is 2. The molecule has 0 aliphatic heterocycles. The van der Waals surface area contributed by atoms with E-state index in [4.69, 9.17) is 0 Å². The Bertz CT molecular complexity index is 996. The molecule has 1 heterocycles. The van der Waals surface area contributed by atoms with Crippen LogP contribution in [0.3, 0.4) is 0 Å². The zero-order valence-electron chi connectivity index (χ0n) is 13.0. The largest absolute Gasteiger partial charge is 0.416 e. The number of halogens is 3. The minimum absolute atomic E-state index is 0.142. The van der Waals surface area contributed by atoms with Gasteiger partial charge >= 0.3 is 11.9 Å². The average Bonchev–Trinajstić information content (AvgIpc) is 2.77. The van der Waals surface area contributed by atoms with Crippen LogP contribution in [0.4, 0.5) is 18.9 Å². The smallest absolute Gasteiger partial charge is 0.295 e. The first-order valence-corrected chi connectivity index (χ1v) is 7.14. The van der Waals surface area contributed by atoms with Crippen LogP contribution in [0.15, 0.2) is 52.3 Å². The number of benzene rings is 2. The number of aliphatic imine (C=N–C) groups is 1. The molecule has 0 spiro atoms. The lowest BCUT2D eigenvalue weighted by Crippen LogP contribution is -2.19. The first kappa shape index (κ1) is 16.0. The lowest BCUT2D eigenvalue weighted by Gasteiger charge is -2.06. The zero-order valence-corrected chi connectivity index (χ0v) is 13.0. The van der Waals surface area contributed by atoms with Crippen LogP contribution in [-0.2, 0) is 20.3 Å². The fourth-order valence-corrected chi connectivity index (χ4v) is 2.52. The molecule has 0 unspecified atom stereocenters. The van der Waals surface area contributed by atoms with Gasteiger partial charge in [-0.2, -0.15) is 13.2 Å². The summed E-state index contributed by atoms with van der Waals surface area (Å²) in [6.07, 6.45) is -2.92. The van der Waals surface area contributed by atoms with Gasteiger partial charge in [-0.1, -0.05) is 12.1 Å². The van der Waals surface area contributed by atoms with Crippen molar-refractivity contribution in [2.24, 2.45) is 19.1 Å². The van der Waals surface area contributed by atoms with E-state index < -0.39 is 11.7 Å². The number of hydrogen-bond acceptors (Lipinski definition) is 2. The van der Waals surface area contributed by atoms with E-state index in [0.717, 1.165) is 23.2 Å². The minimum atomic E-state index is -4.40. The molecule has 0 aliphatic carbocycles. The molecule has 7 heteroatoms. The first-order valence-electron chi connectivity index (χ1n) is 7.14. The molecule has 3 rings (SSSR count). The summed E-state index contributed by atoms with van der Waals surface area (Å²) >= 11 is 0. The van der Waals surface area contributed by atoms with Gasteiger partial charge in [0.15, 0.2) is 0 Å². The molecule has 124 valence electrons. The fourth-order valence-electron chi connectivity index (χ4n) is 2.52. The van der Waals surface area contributed by atoms with Crippen molar-refractivity contribution in [2.75, 3.05) is 0 Å². The Morgan fingerprint density at radius 2 is 1.71 bits per heavy atom. The number of alkyl halides is 3. The maximum Gasteiger partial charge on any atom is 0.416 e. The third-order valence-electron chi connectivity index (χ3n) is 3.83. The Morgan fingerprint density at radius 3 is 2.42 bits per heavy atom. The Hall–Kier alpha value is -2.83. The van der Waals surface area contributed by atoms with E-state index in [1.165, 1.54) is 27.5 Å². The molecule has 24 heavy (non-hydrogen) atoms. The van der Waals surface area contributed by atoms with Gasteiger partial charge in [-0.3, -0.25) is 14.1 Å². The zero-order chi connectivity index (χ0) is 17.5. The van der Waals surface area contributed by atoms with Crippen LogP contribution in [0, 0.1) is 0 Å². The molecular weight excluding hydrogens is 319 g/mol. The normalized spacial score (nSPS) is 12.4. The summed E-state index contributed by atoms with van der Waals surface area (Å²) in [4.78, 5) is 16.0. The van der Waals surface area contributed by atoms with Crippen molar-refractivity contribution in [1.82, 2.24) is 9.13 Å². The van der Waals surface area contributed by atoms with Crippen molar-refractivity contribution in [3.8, 4) is 0 Å². The number of aromatic nitrogens is 2. The molecule has 2 aromatic carbocycles. The van der Waals surface area contributed by atoms with E-state index in [-0.39, 0.29) is 11.4 Å². The van der Waals surface area contributed by atoms with Crippen molar-refractivity contribution < 1.29 is 13.2 Å². The molecule has 4 nitrogen and oxygen atoms in total. The minimum Gasteiger partial charge on any atom is -0.295 e. The predicted octanol–water partition coefficient (Wildman–Crippen LogP) is 3.65. The Morgan fingerprint density at radius 1 is 1.00 bits per heavy atom. The number of imidazole rings is 1. The molecule has 0 saturated carbocycles. The highest BCUT2D eigenvalue weighted by molar-refractivity contribution is 5.88. The molecule has 0 atom stereocenters. The number of rotatable bonds is 2. The Kier molecular flexibility index (Phi) is 3.79. The van der Waals surface area contributed by atoms with Crippen molar-refractivity contribution in [3.63, 3.8) is 0 Å². The van der Waals surface area contributed by atoms with E-state index in [9.17, 15) is 18.0 Å². The van der Waals surface area contributed by atoms with Gasteiger partial charge < -0.3 is 0 Å². The summed E-state index contributed by atoms with van der Waals surface area (Å²) in [5.74, 6) is 0. The number of hydrogen-bond donors (Lipinski definition) is 0. The van der Waals surface area contributed by atoms with E-state index >= 15 is 0 Å². The van der Waals surface area contributed by atoms with E-state index in [2.05, 4.69) is 4.99 Å². The topological polar surface area (TPSA) is 39.3 Å². The highest BCUT2D eigenvalue weighted by Crippen LogP contribution is 2.31. The van der Waals surface area contributed by atoms with Gasteiger partial charge in [-0.25, -0.2) is 4.79 Å². The highest BCUT2D eigenvalue weighted by atomic mass is 19.4. The van der Waals surface area contributed by atoms with Gasteiger partial charge in [0.2, 0.25) is 0 Å². The van der Waals surface area contributed by atoms with Gasteiger partial charge in [-0.15, -0.1) is 0 Å². The van der Waals surface area contributed by atoms with Crippen molar-refractivity contribution >= 4 is 22.9 Å². The van der Waals surface area contributed by atoms with Crippen LogP contribution in [-0.4, -0.2) is 15.3 Å². The first-order chi connectivity index (χ1) is 11.3. The highest BCUT2D eigenvalue weighted by Gasteiger charge is 2.30. The lowest BCUT2D eigenvalue weighted by atomic mass is 10.2. The third kappa shape index (κ3) is 2.84. The van der Waals surface area contributed by atoms with Crippen molar-refractivity contribution in [1.29, 1.82) is 0 Å². The maximum absolute atomic E-state index is 12.7. The van der Waals surface area contributed by atoms with E-state index in [1.54, 1.807) is 32.3 Å². The summed E-state index contributed by atoms with van der Waals surface area (Å²) in [6.45, 7) is 0. The van der Waals surface area contributed by atoms with Crippen LogP contribution in [0.5, 0.6) is 0 Å². The van der Waals surface area contributed by atoms with E-state index in [1.807, 2.05) is 0 Å². The van der Waals surface area contributed by atoms with E-state index in [0.29, 0.717) is 5.56 Å². The molecule has 3 aromatic rings. The van der Waals surface area contributed by atoms with Crippen LogP contribution in [0.25, 0.3) is 11.0 Å². The molecule has 0 N–H and O–H groups in total. The predicted molar refractivity (Wildman–Crippen MR) is 86.9 cm³/mol. The Balaban J connectivity index is 1.97. The van der Waals surface area contributed by atoms with Gasteiger partial charge in [0.25, 0.3) is 0 Å². The Labute approximate surface area is 135 Å². The summed E-state index contributed by atoms with van der Waals surface area (Å²) in [5, 5.41) is 0. The van der Waals surface area contributed by atoms with Crippen LogP contribution in [0.1, 0.15) is 11.1 Å². The summed E-state index contributed by atoms with van der Waals surface area (Å²) in [7, 11) is 3.35. The van der Waals surface area contributed by atoms with Crippen molar-refractivity contribution in [2.45, 2.75) is 6.18 Å². The second-order valence-corrected chi connectivity index (χ2v) is 5.46. The fraction of sp³-hybridized carbons (Fsp3) is 0.176. The second kappa shape index (κ2) is 5.67. The van der Waals surface area contributed by atoms with Gasteiger partial charge in [0.05, 0.1) is 22.3 Å². The monoisotopic (exact) mass is 333 g/mol. The third-order valence-corrected chi connectivity index (χ3v) is 3.83. The number of fused-ring (bicyclic) bond motifs is 1. The molecule has 0 radical (unpaired) electrons. The van der Waals surface area contributed by atoms with Crippen LogP contribution < -0.4 is 5.69 Å². The molecule has 0 amide bonds. The quantitative estimate of drug-likeness (QED) is 0.660. The standard InChI is InChI=1S/C17H14F3N3O/c1-22-14-7-6-11(8-15(14)23(2)16(22)24)10-21-13-5-3-4-12(9-13)17(18,19)20/h3-10H,1-2H3. The van der Waals surface area contributed by atoms with Crippen molar-refractivity contribution in [3.05, 3.63) is 64.1 Å². The maximum atomic E-state index is 12.7. The molecule has 0 fully saturated rings. The molecular formula is C17H14F3N3O. The molecule has 0 aliphatic rings. The van der Waals surface area contributed by atoms with Crippen LogP contribution >= 0.6 is 0 Å². The van der Waals surface area contributed by atoms with Gasteiger partial charge in [0, 0.05) is 20.3 Å². The summed E-state index contributed by atoms with van der Waals surface area (Å²) in [6, 6.07) is 10.1. The summed E-state index contributed by atoms with van der Waals surface area (Å²) < 4.78 is 41.2. The van der Waals surface area contributed by atoms with Gasteiger partial charge in [0.1, 0.15) is 0 Å². The lowest BCUT2D eigenvalue weighted by molar-refractivity contribution is -0.137. The van der Waals surface area contributed by atoms with Crippen LogP contribution in [0.2, 0.25) is 0 Å². The SMILES string of the molecule is Cn1c(=O)n(C)c2cc(C=Nc3cccc(C(F)(F)F)c3)ccc21. The average molecular weight is 333 g/mol. The molecule has 1 aromatic heterocycles. The molecule has 0 bridgehead atoms. The van der Waals surface area contributed by atoms with Gasteiger partial charge in [-0.05, 0) is 35.9 Å². The number of nitrogens with zero attached hydrogens (tertiary/aromatic N) is 3. The second-order valence-electron chi connectivity index (χ2n) is 5.46.